The number of nitrogens with zero attached hydrogens (tertiary/aromatic N) is 2. The maximum Gasteiger partial charge on any atom is 0.542 e. The molecule has 0 fully saturated rings. The van der Waals surface area contributed by atoms with Crippen molar-refractivity contribution in [1.82, 2.24) is 5.16 Å². The van der Waals surface area contributed by atoms with Crippen LogP contribution >= 0.6 is 0 Å². The standard InChI is InChI=1S/C6H6N2O4/c7-2-4(3-9)1-5-8-12-6(10)11-5/h4,9H,1,3H2. The van der Waals surface area contributed by atoms with Crippen molar-refractivity contribution in [2.75, 3.05) is 6.61 Å². The molecule has 0 saturated heterocycles. The normalized spacial score (nSPS) is 12.3. The Morgan fingerprint density at radius 1 is 1.75 bits per heavy atom. The van der Waals surface area contributed by atoms with Crippen LogP contribution in [0.4, 0.5) is 0 Å². The van der Waals surface area contributed by atoms with E-state index in [-0.39, 0.29) is 18.9 Å². The first kappa shape index (κ1) is 8.49. The molecule has 1 heterocycles. The van der Waals surface area contributed by atoms with E-state index in [0.29, 0.717) is 0 Å². The Labute approximate surface area is 67.0 Å². The van der Waals surface area contributed by atoms with Crippen molar-refractivity contribution in [2.45, 2.75) is 6.42 Å². The van der Waals surface area contributed by atoms with Crippen LogP contribution in [0.3, 0.4) is 0 Å². The Hall–Kier alpha value is -1.61. The zero-order valence-corrected chi connectivity index (χ0v) is 6.06. The SMILES string of the molecule is N#CC(CO)Cc1noc(=O)o1. The highest BCUT2D eigenvalue weighted by Gasteiger charge is 2.12. The summed E-state index contributed by atoms with van der Waals surface area (Å²) in [6, 6.07) is 1.82. The lowest BCUT2D eigenvalue weighted by atomic mass is 10.1. The molecule has 12 heavy (non-hydrogen) atoms. The summed E-state index contributed by atoms with van der Waals surface area (Å²) in [5.41, 5.74) is 0. The highest BCUT2D eigenvalue weighted by molar-refractivity contribution is 4.89. The van der Waals surface area contributed by atoms with Crippen molar-refractivity contribution in [3.05, 3.63) is 16.5 Å². The van der Waals surface area contributed by atoms with Gasteiger partial charge in [-0.15, -0.1) is 0 Å². The predicted molar refractivity (Wildman–Crippen MR) is 34.9 cm³/mol. The van der Waals surface area contributed by atoms with Gasteiger partial charge in [-0.1, -0.05) is 0 Å². The Morgan fingerprint density at radius 3 is 2.92 bits per heavy atom. The quantitative estimate of drug-likeness (QED) is 0.643. The molecule has 0 spiro atoms. The van der Waals surface area contributed by atoms with Crippen LogP contribution in [-0.4, -0.2) is 16.9 Å². The number of rotatable bonds is 3. The van der Waals surface area contributed by atoms with Gasteiger partial charge in [0.05, 0.1) is 18.6 Å². The largest absolute Gasteiger partial charge is 0.542 e. The van der Waals surface area contributed by atoms with Crippen LogP contribution < -0.4 is 5.82 Å². The highest BCUT2D eigenvalue weighted by Crippen LogP contribution is 2.02. The third-order valence-electron chi connectivity index (χ3n) is 1.25. The fourth-order valence-corrected chi connectivity index (χ4v) is 0.662. The zero-order chi connectivity index (χ0) is 8.97. The van der Waals surface area contributed by atoms with Gasteiger partial charge in [0.15, 0.2) is 0 Å². The van der Waals surface area contributed by atoms with Crippen LogP contribution in [0.1, 0.15) is 5.89 Å². The maximum absolute atomic E-state index is 10.3. The van der Waals surface area contributed by atoms with E-state index >= 15 is 0 Å². The van der Waals surface area contributed by atoms with Crippen molar-refractivity contribution in [3.63, 3.8) is 0 Å². The van der Waals surface area contributed by atoms with E-state index in [1.54, 1.807) is 0 Å². The molecule has 1 N–H and O–H groups in total. The molecule has 0 aliphatic carbocycles. The van der Waals surface area contributed by atoms with Crippen molar-refractivity contribution in [1.29, 1.82) is 5.26 Å². The van der Waals surface area contributed by atoms with Crippen molar-refractivity contribution >= 4 is 0 Å². The summed E-state index contributed by atoms with van der Waals surface area (Å²) >= 11 is 0. The topological polar surface area (TPSA) is 100 Å². The monoisotopic (exact) mass is 170 g/mol. The van der Waals surface area contributed by atoms with Crippen LogP contribution in [0.5, 0.6) is 0 Å². The molecule has 0 bridgehead atoms. The van der Waals surface area contributed by atoms with Crippen molar-refractivity contribution in [3.8, 4) is 6.07 Å². The second-order valence-corrected chi connectivity index (χ2v) is 2.14. The molecule has 6 nitrogen and oxygen atoms in total. The number of aromatic nitrogens is 1. The summed E-state index contributed by atoms with van der Waals surface area (Å²) in [6.45, 7) is -0.299. The first-order chi connectivity index (χ1) is 5.76. The third kappa shape index (κ3) is 1.93. The van der Waals surface area contributed by atoms with Gasteiger partial charge >= 0.3 is 5.82 Å². The third-order valence-corrected chi connectivity index (χ3v) is 1.25. The molecular weight excluding hydrogens is 164 g/mol. The molecule has 0 amide bonds. The van der Waals surface area contributed by atoms with Gasteiger partial charge in [0.1, 0.15) is 0 Å². The van der Waals surface area contributed by atoms with E-state index < -0.39 is 11.7 Å². The summed E-state index contributed by atoms with van der Waals surface area (Å²) in [5, 5.41) is 20.2. The molecule has 1 atom stereocenters. The molecular formula is C6H6N2O4. The predicted octanol–water partition coefficient (Wildman–Crippen LogP) is -0.698. The van der Waals surface area contributed by atoms with E-state index in [4.69, 9.17) is 10.4 Å². The maximum atomic E-state index is 10.3. The fraction of sp³-hybridized carbons (Fsp3) is 0.500. The zero-order valence-electron chi connectivity index (χ0n) is 6.06. The molecule has 1 rings (SSSR count). The summed E-state index contributed by atoms with van der Waals surface area (Å²) in [5.74, 6) is -1.49. The molecule has 1 aromatic heterocycles. The lowest BCUT2D eigenvalue weighted by Crippen LogP contribution is -2.06. The first-order valence-corrected chi connectivity index (χ1v) is 3.22. The summed E-state index contributed by atoms with van der Waals surface area (Å²) < 4.78 is 8.51. The van der Waals surface area contributed by atoms with Crippen molar-refractivity contribution < 1.29 is 14.0 Å². The summed E-state index contributed by atoms with van der Waals surface area (Å²) in [4.78, 5) is 10.3. The Bertz CT molecular complexity index is 334. The molecule has 1 unspecified atom stereocenters. The molecule has 1 aromatic rings. The minimum atomic E-state index is -0.903. The highest BCUT2D eigenvalue weighted by atomic mass is 16.6. The van der Waals surface area contributed by atoms with E-state index in [1.807, 2.05) is 6.07 Å². The number of nitriles is 1. The van der Waals surface area contributed by atoms with Gasteiger partial charge in [0, 0.05) is 6.42 Å². The van der Waals surface area contributed by atoms with E-state index in [2.05, 4.69) is 14.1 Å². The smallest absolute Gasteiger partial charge is 0.395 e. The Kier molecular flexibility index (Phi) is 2.61. The number of hydrogen-bond acceptors (Lipinski definition) is 6. The van der Waals surface area contributed by atoms with Gasteiger partial charge in [-0.05, 0) is 5.16 Å². The molecule has 0 aliphatic heterocycles. The Morgan fingerprint density at radius 2 is 2.50 bits per heavy atom. The molecule has 6 heteroatoms. The minimum Gasteiger partial charge on any atom is -0.395 e. The minimum absolute atomic E-state index is 0.0283. The van der Waals surface area contributed by atoms with E-state index in [1.165, 1.54) is 0 Å². The second-order valence-electron chi connectivity index (χ2n) is 2.14. The van der Waals surface area contributed by atoms with Crippen LogP contribution in [0.25, 0.3) is 0 Å². The number of hydrogen-bond donors (Lipinski definition) is 1. The lowest BCUT2D eigenvalue weighted by molar-refractivity contribution is 0.248. The second kappa shape index (κ2) is 3.69. The molecule has 64 valence electrons. The van der Waals surface area contributed by atoms with E-state index in [9.17, 15) is 4.79 Å². The lowest BCUT2D eigenvalue weighted by Gasteiger charge is -1.97. The molecule has 0 aromatic carbocycles. The molecule has 0 radical (unpaired) electrons. The van der Waals surface area contributed by atoms with Crippen molar-refractivity contribution in [2.24, 2.45) is 5.92 Å². The van der Waals surface area contributed by atoms with Gasteiger partial charge in [-0.3, -0.25) is 4.52 Å². The van der Waals surface area contributed by atoms with Crippen LogP contribution in [0.2, 0.25) is 0 Å². The average Bonchev–Trinajstić information content (AvgIpc) is 2.47. The van der Waals surface area contributed by atoms with Crippen LogP contribution in [-0.2, 0) is 6.42 Å². The number of aliphatic hydroxyl groups excluding tert-OH is 1. The van der Waals surface area contributed by atoms with Gasteiger partial charge in [0.25, 0.3) is 0 Å². The van der Waals surface area contributed by atoms with Gasteiger partial charge < -0.3 is 9.52 Å². The Balaban J connectivity index is 2.64. The van der Waals surface area contributed by atoms with Gasteiger partial charge in [-0.25, -0.2) is 4.79 Å². The summed E-state index contributed by atoms with van der Waals surface area (Å²) in [7, 11) is 0. The fourth-order valence-electron chi connectivity index (χ4n) is 0.662. The van der Waals surface area contributed by atoms with Gasteiger partial charge in [0.2, 0.25) is 5.89 Å². The molecule has 0 aliphatic rings. The van der Waals surface area contributed by atoms with Gasteiger partial charge in [-0.2, -0.15) is 5.26 Å². The molecule has 0 saturated carbocycles. The van der Waals surface area contributed by atoms with Crippen LogP contribution in [0, 0.1) is 17.2 Å². The average molecular weight is 170 g/mol. The number of aliphatic hydroxyl groups is 1. The summed E-state index contributed by atoms with van der Waals surface area (Å²) in [6.07, 6.45) is 0.0821. The first-order valence-electron chi connectivity index (χ1n) is 3.22. The van der Waals surface area contributed by atoms with Crippen LogP contribution in [0.15, 0.2) is 13.7 Å². The van der Waals surface area contributed by atoms with E-state index in [0.717, 1.165) is 0 Å².